The maximum atomic E-state index is 12.9. The Morgan fingerprint density at radius 1 is 1.05 bits per heavy atom. The Labute approximate surface area is 125 Å². The van der Waals surface area contributed by atoms with Crippen molar-refractivity contribution in [1.29, 1.82) is 0 Å². The summed E-state index contributed by atoms with van der Waals surface area (Å²) in [6.45, 7) is 6.33. The van der Waals surface area contributed by atoms with Crippen molar-refractivity contribution >= 4 is 11.6 Å². The molecule has 0 atom stereocenters. The smallest absolute Gasteiger partial charge is 0.228 e. The van der Waals surface area contributed by atoms with Gasteiger partial charge >= 0.3 is 0 Å². The van der Waals surface area contributed by atoms with Gasteiger partial charge in [0.2, 0.25) is 5.91 Å². The van der Waals surface area contributed by atoms with E-state index in [0.29, 0.717) is 0 Å². The van der Waals surface area contributed by atoms with E-state index in [-0.39, 0.29) is 23.6 Å². The third kappa shape index (κ3) is 4.15. The number of carbonyl (C=O) groups is 1. The highest BCUT2D eigenvalue weighted by Gasteiger charge is 2.18. The molecule has 2 aromatic rings. The topological polar surface area (TPSA) is 29.1 Å². The molecule has 1 N–H and O–H groups in total. The van der Waals surface area contributed by atoms with Crippen LogP contribution >= 0.6 is 0 Å². The monoisotopic (exact) mass is 285 g/mol. The van der Waals surface area contributed by atoms with E-state index in [0.717, 1.165) is 16.8 Å². The van der Waals surface area contributed by atoms with Gasteiger partial charge in [0.05, 0.1) is 6.42 Å². The molecule has 1 amide bonds. The van der Waals surface area contributed by atoms with E-state index >= 15 is 0 Å². The van der Waals surface area contributed by atoms with Gasteiger partial charge in [-0.3, -0.25) is 4.79 Å². The maximum absolute atomic E-state index is 12.9. The van der Waals surface area contributed by atoms with Crippen LogP contribution in [-0.2, 0) is 16.6 Å². The van der Waals surface area contributed by atoms with Gasteiger partial charge in [-0.1, -0.05) is 51.1 Å². The zero-order valence-electron chi connectivity index (χ0n) is 12.6. The lowest BCUT2D eigenvalue weighted by atomic mass is 9.86. The third-order valence-electron chi connectivity index (χ3n) is 3.29. The first-order valence-electron chi connectivity index (χ1n) is 7.00. The molecule has 0 aliphatic heterocycles. The molecule has 0 heterocycles. The van der Waals surface area contributed by atoms with Crippen LogP contribution in [0.25, 0.3) is 0 Å². The predicted molar refractivity (Wildman–Crippen MR) is 83.9 cm³/mol. The summed E-state index contributed by atoms with van der Waals surface area (Å²) in [5.41, 5.74) is 2.68. The largest absolute Gasteiger partial charge is 0.326 e. The van der Waals surface area contributed by atoms with Gasteiger partial charge in [-0.05, 0) is 34.7 Å². The summed E-state index contributed by atoms with van der Waals surface area (Å²) in [5, 5.41) is 2.95. The molecule has 0 fully saturated rings. The molecule has 2 nitrogen and oxygen atoms in total. The van der Waals surface area contributed by atoms with Gasteiger partial charge in [-0.15, -0.1) is 0 Å². The molecule has 0 unspecified atom stereocenters. The van der Waals surface area contributed by atoms with Crippen LogP contribution in [0.15, 0.2) is 48.5 Å². The lowest BCUT2D eigenvalue weighted by Gasteiger charge is -2.23. The van der Waals surface area contributed by atoms with Crippen LogP contribution in [0.2, 0.25) is 0 Å². The molecule has 3 heteroatoms. The van der Waals surface area contributed by atoms with E-state index in [1.165, 1.54) is 12.1 Å². The highest BCUT2D eigenvalue weighted by atomic mass is 19.1. The fourth-order valence-corrected chi connectivity index (χ4v) is 2.23. The summed E-state index contributed by atoms with van der Waals surface area (Å²) in [7, 11) is 0. The van der Waals surface area contributed by atoms with Crippen LogP contribution in [-0.4, -0.2) is 5.91 Å². The van der Waals surface area contributed by atoms with Gasteiger partial charge in [0.25, 0.3) is 0 Å². The van der Waals surface area contributed by atoms with Gasteiger partial charge in [0, 0.05) is 5.69 Å². The minimum Gasteiger partial charge on any atom is -0.326 e. The summed E-state index contributed by atoms with van der Waals surface area (Å²) in [6.07, 6.45) is 0.235. The van der Waals surface area contributed by atoms with E-state index in [4.69, 9.17) is 0 Å². The van der Waals surface area contributed by atoms with Crippen molar-refractivity contribution in [2.24, 2.45) is 0 Å². The Balaban J connectivity index is 2.11. The van der Waals surface area contributed by atoms with Crippen molar-refractivity contribution in [1.82, 2.24) is 0 Å². The Bertz CT molecular complexity index is 626. The fraction of sp³-hybridized carbons (Fsp3) is 0.278. The molecule has 0 aromatic heterocycles. The second-order valence-electron chi connectivity index (χ2n) is 6.15. The zero-order valence-corrected chi connectivity index (χ0v) is 12.6. The minimum atomic E-state index is -0.294. The summed E-state index contributed by atoms with van der Waals surface area (Å²) < 4.78 is 12.9. The van der Waals surface area contributed by atoms with Crippen LogP contribution in [0, 0.1) is 5.82 Å². The van der Waals surface area contributed by atoms with Gasteiger partial charge in [0.15, 0.2) is 0 Å². The highest BCUT2D eigenvalue weighted by Crippen LogP contribution is 2.29. The molecule has 0 aliphatic carbocycles. The number of rotatable bonds is 3. The second kappa shape index (κ2) is 6.08. The average Bonchev–Trinajstić information content (AvgIpc) is 2.41. The number of anilines is 1. The predicted octanol–water partition coefficient (Wildman–Crippen LogP) is 4.30. The number of halogens is 1. The SMILES string of the molecule is CC(C)(C)c1ccccc1NC(=O)Cc1ccc(F)cc1. The first-order valence-corrected chi connectivity index (χ1v) is 7.00. The number of amides is 1. The second-order valence-corrected chi connectivity index (χ2v) is 6.15. The number of hydrogen-bond acceptors (Lipinski definition) is 1. The van der Waals surface area contributed by atoms with E-state index in [2.05, 4.69) is 26.1 Å². The first kappa shape index (κ1) is 15.2. The van der Waals surface area contributed by atoms with Crippen molar-refractivity contribution < 1.29 is 9.18 Å². The number of nitrogens with one attached hydrogen (secondary N) is 1. The van der Waals surface area contributed by atoms with Crippen LogP contribution in [0.5, 0.6) is 0 Å². The molecule has 110 valence electrons. The van der Waals surface area contributed by atoms with Crippen LogP contribution < -0.4 is 5.32 Å². The summed E-state index contributed by atoms with van der Waals surface area (Å²) in [5.74, 6) is -0.393. The summed E-state index contributed by atoms with van der Waals surface area (Å²) >= 11 is 0. The molecule has 0 bridgehead atoms. The summed E-state index contributed by atoms with van der Waals surface area (Å²) in [4.78, 5) is 12.1. The maximum Gasteiger partial charge on any atom is 0.228 e. The molecule has 0 saturated heterocycles. The average molecular weight is 285 g/mol. The molecule has 0 aliphatic rings. The zero-order chi connectivity index (χ0) is 15.5. The number of para-hydroxylation sites is 1. The van der Waals surface area contributed by atoms with Crippen molar-refractivity contribution in [2.45, 2.75) is 32.6 Å². The Morgan fingerprint density at radius 3 is 2.29 bits per heavy atom. The third-order valence-corrected chi connectivity index (χ3v) is 3.29. The minimum absolute atomic E-state index is 0.0419. The van der Waals surface area contributed by atoms with Gasteiger partial charge in [-0.2, -0.15) is 0 Å². The normalized spacial score (nSPS) is 11.2. The molecule has 21 heavy (non-hydrogen) atoms. The molecule has 2 rings (SSSR count). The molecule has 0 radical (unpaired) electrons. The van der Waals surface area contributed by atoms with Crippen molar-refractivity contribution in [2.75, 3.05) is 5.32 Å². The Hall–Kier alpha value is -2.16. The van der Waals surface area contributed by atoms with E-state index in [1.807, 2.05) is 24.3 Å². The van der Waals surface area contributed by atoms with E-state index < -0.39 is 0 Å². The Kier molecular flexibility index (Phi) is 4.41. The first-order chi connectivity index (χ1) is 9.86. The standard InChI is InChI=1S/C18H20FNO/c1-18(2,3)15-6-4-5-7-16(15)20-17(21)12-13-8-10-14(19)11-9-13/h4-11H,12H2,1-3H3,(H,20,21). The lowest BCUT2D eigenvalue weighted by molar-refractivity contribution is -0.115. The molecular formula is C18H20FNO. The van der Waals surface area contributed by atoms with Crippen LogP contribution in [0.1, 0.15) is 31.9 Å². The van der Waals surface area contributed by atoms with E-state index in [9.17, 15) is 9.18 Å². The summed E-state index contributed by atoms with van der Waals surface area (Å²) in [6, 6.07) is 13.8. The van der Waals surface area contributed by atoms with Crippen molar-refractivity contribution in [3.63, 3.8) is 0 Å². The highest BCUT2D eigenvalue weighted by molar-refractivity contribution is 5.93. The molecule has 0 saturated carbocycles. The molecule has 2 aromatic carbocycles. The number of carbonyl (C=O) groups excluding carboxylic acids is 1. The van der Waals surface area contributed by atoms with Gasteiger partial charge in [0.1, 0.15) is 5.82 Å². The van der Waals surface area contributed by atoms with Crippen molar-refractivity contribution in [3.8, 4) is 0 Å². The van der Waals surface area contributed by atoms with Crippen LogP contribution in [0.3, 0.4) is 0 Å². The van der Waals surface area contributed by atoms with Crippen LogP contribution in [0.4, 0.5) is 10.1 Å². The molecular weight excluding hydrogens is 265 g/mol. The fourth-order valence-electron chi connectivity index (χ4n) is 2.23. The van der Waals surface area contributed by atoms with Gasteiger partial charge in [-0.25, -0.2) is 4.39 Å². The molecule has 0 spiro atoms. The lowest BCUT2D eigenvalue weighted by Crippen LogP contribution is -2.19. The number of benzene rings is 2. The number of hydrogen-bond donors (Lipinski definition) is 1. The Morgan fingerprint density at radius 2 is 1.67 bits per heavy atom. The van der Waals surface area contributed by atoms with Crippen molar-refractivity contribution in [3.05, 3.63) is 65.5 Å². The van der Waals surface area contributed by atoms with E-state index in [1.54, 1.807) is 12.1 Å². The van der Waals surface area contributed by atoms with Gasteiger partial charge < -0.3 is 5.32 Å². The quantitative estimate of drug-likeness (QED) is 0.894.